The Bertz CT molecular complexity index is 1270. The number of pyridine rings is 2. The molecule has 0 unspecified atom stereocenters. The maximum absolute atomic E-state index is 13.0. The minimum Gasteiger partial charge on any atom is -0.486 e. The predicted molar refractivity (Wildman–Crippen MR) is 119 cm³/mol. The van der Waals surface area contributed by atoms with Crippen LogP contribution in [0.3, 0.4) is 0 Å². The number of hydrogen-bond donors (Lipinski definition) is 1. The fourth-order valence-corrected chi connectivity index (χ4v) is 3.63. The zero-order valence-electron chi connectivity index (χ0n) is 17.5. The number of carbonyl (C=O) groups excluding carboxylic acids is 1. The fraction of sp³-hybridized carbons (Fsp3) is 0.167. The summed E-state index contributed by atoms with van der Waals surface area (Å²) in [5, 5.41) is 7.26. The highest BCUT2D eigenvalue weighted by Gasteiger charge is 2.19. The van der Waals surface area contributed by atoms with Crippen LogP contribution < -0.4 is 14.8 Å². The van der Waals surface area contributed by atoms with E-state index in [2.05, 4.69) is 20.4 Å². The van der Waals surface area contributed by atoms with Gasteiger partial charge in [0.2, 0.25) is 0 Å². The van der Waals surface area contributed by atoms with Crippen molar-refractivity contribution in [3.05, 3.63) is 78.2 Å². The summed E-state index contributed by atoms with van der Waals surface area (Å²) in [5.74, 6) is 2.27. The normalized spacial score (nSPS) is 12.4. The van der Waals surface area contributed by atoms with Gasteiger partial charge >= 0.3 is 0 Å². The van der Waals surface area contributed by atoms with Crippen molar-refractivity contribution in [2.24, 2.45) is 0 Å². The highest BCUT2D eigenvalue weighted by atomic mass is 16.6. The summed E-state index contributed by atoms with van der Waals surface area (Å²) in [6.07, 6.45) is 3.89. The van der Waals surface area contributed by atoms with Crippen LogP contribution in [-0.2, 0) is 6.42 Å². The number of aromatic nitrogens is 4. The Morgan fingerprint density at radius 3 is 2.75 bits per heavy atom. The number of nitrogens with one attached hydrogen (secondary N) is 1. The smallest absolute Gasteiger partial charge is 0.260 e. The molecule has 1 aliphatic heterocycles. The molecule has 0 atom stereocenters. The van der Waals surface area contributed by atoms with Gasteiger partial charge in [-0.2, -0.15) is 5.10 Å². The molecule has 5 rings (SSSR count). The number of ether oxygens (including phenoxy) is 2. The third-order valence-corrected chi connectivity index (χ3v) is 5.14. The quantitative estimate of drug-likeness (QED) is 0.519. The molecule has 1 aliphatic rings. The van der Waals surface area contributed by atoms with Crippen LogP contribution in [0.15, 0.2) is 67.0 Å². The molecule has 1 N–H and O–H groups in total. The van der Waals surface area contributed by atoms with Crippen LogP contribution in [0.4, 0.5) is 5.82 Å². The van der Waals surface area contributed by atoms with E-state index < -0.39 is 0 Å². The van der Waals surface area contributed by atoms with Gasteiger partial charge in [-0.15, -0.1) is 0 Å². The number of carbonyl (C=O) groups is 1. The maximum Gasteiger partial charge on any atom is 0.260 e. The average Bonchev–Trinajstić information content (AvgIpc) is 3.29. The summed E-state index contributed by atoms with van der Waals surface area (Å²) in [7, 11) is 0. The van der Waals surface area contributed by atoms with Crippen LogP contribution in [0.25, 0.3) is 17.1 Å². The molecule has 0 aliphatic carbocycles. The number of anilines is 1. The standard InChI is InChI=1S/C24H21N5O3/c1-2-19-17(15-26-29(19)23-8-3-4-11-25-23)24(30)28-22-7-5-6-18(27-22)16-9-10-20-21(14-16)32-13-12-31-20/h3-11,14-15H,2,12-13H2,1H3,(H,27,28,30). The van der Waals surface area contributed by atoms with Crippen molar-refractivity contribution in [1.29, 1.82) is 0 Å². The molecule has 0 saturated carbocycles. The largest absolute Gasteiger partial charge is 0.486 e. The lowest BCUT2D eigenvalue weighted by Gasteiger charge is -2.18. The van der Waals surface area contributed by atoms with Crippen molar-refractivity contribution in [3.8, 4) is 28.6 Å². The van der Waals surface area contributed by atoms with E-state index in [0.29, 0.717) is 42.6 Å². The molecular formula is C24H21N5O3. The van der Waals surface area contributed by atoms with Gasteiger partial charge in [0.05, 0.1) is 23.1 Å². The van der Waals surface area contributed by atoms with Gasteiger partial charge in [-0.05, 0) is 48.9 Å². The molecule has 0 radical (unpaired) electrons. The Kier molecular flexibility index (Phi) is 5.25. The van der Waals surface area contributed by atoms with Crippen molar-refractivity contribution in [2.45, 2.75) is 13.3 Å². The molecule has 0 saturated heterocycles. The summed E-state index contributed by atoms with van der Waals surface area (Å²) < 4.78 is 12.9. The number of rotatable bonds is 5. The molecule has 0 fully saturated rings. The lowest BCUT2D eigenvalue weighted by Crippen LogP contribution is -2.16. The van der Waals surface area contributed by atoms with Crippen LogP contribution >= 0.6 is 0 Å². The van der Waals surface area contributed by atoms with E-state index in [1.54, 1.807) is 23.1 Å². The van der Waals surface area contributed by atoms with Crippen molar-refractivity contribution in [1.82, 2.24) is 19.7 Å². The maximum atomic E-state index is 13.0. The first-order valence-corrected chi connectivity index (χ1v) is 10.4. The highest BCUT2D eigenvalue weighted by molar-refractivity contribution is 6.04. The molecule has 1 aromatic carbocycles. The van der Waals surface area contributed by atoms with E-state index in [4.69, 9.17) is 9.47 Å². The topological polar surface area (TPSA) is 91.2 Å². The van der Waals surface area contributed by atoms with Gasteiger partial charge in [-0.3, -0.25) is 4.79 Å². The monoisotopic (exact) mass is 427 g/mol. The second-order valence-corrected chi connectivity index (χ2v) is 7.18. The number of nitrogens with zero attached hydrogens (tertiary/aromatic N) is 4. The Balaban J connectivity index is 1.40. The summed E-state index contributed by atoms with van der Waals surface area (Å²) in [4.78, 5) is 22.0. The Morgan fingerprint density at radius 2 is 1.94 bits per heavy atom. The summed E-state index contributed by atoms with van der Waals surface area (Å²) in [6, 6.07) is 16.8. The summed E-state index contributed by atoms with van der Waals surface area (Å²) in [5.41, 5.74) is 2.87. The Hall–Kier alpha value is -4.20. The zero-order chi connectivity index (χ0) is 21.9. The van der Waals surface area contributed by atoms with Crippen LogP contribution in [0.2, 0.25) is 0 Å². The van der Waals surface area contributed by atoms with Crippen LogP contribution in [0.1, 0.15) is 23.0 Å². The lowest BCUT2D eigenvalue weighted by atomic mass is 10.1. The van der Waals surface area contributed by atoms with Crippen LogP contribution in [0, 0.1) is 0 Å². The Morgan fingerprint density at radius 1 is 1.06 bits per heavy atom. The molecular weight excluding hydrogens is 406 g/mol. The van der Waals surface area contributed by atoms with E-state index in [1.807, 2.05) is 55.5 Å². The van der Waals surface area contributed by atoms with Crippen LogP contribution in [-0.4, -0.2) is 38.9 Å². The first-order valence-electron chi connectivity index (χ1n) is 10.4. The number of benzene rings is 1. The lowest BCUT2D eigenvalue weighted by molar-refractivity contribution is 0.102. The third-order valence-electron chi connectivity index (χ3n) is 5.14. The van der Waals surface area contributed by atoms with Crippen LogP contribution in [0.5, 0.6) is 11.5 Å². The van der Waals surface area contributed by atoms with E-state index >= 15 is 0 Å². The second-order valence-electron chi connectivity index (χ2n) is 7.18. The van der Waals surface area contributed by atoms with E-state index in [0.717, 1.165) is 22.7 Å². The summed E-state index contributed by atoms with van der Waals surface area (Å²) >= 11 is 0. The number of fused-ring (bicyclic) bond motifs is 1. The van der Waals surface area contributed by atoms with Gasteiger partial charge in [0.15, 0.2) is 17.3 Å². The van der Waals surface area contributed by atoms with Gasteiger partial charge in [-0.1, -0.05) is 19.1 Å². The minimum atomic E-state index is -0.268. The first kappa shape index (κ1) is 19.7. The van der Waals surface area contributed by atoms with Gasteiger partial charge in [0, 0.05) is 11.8 Å². The molecule has 1 amide bonds. The fourth-order valence-electron chi connectivity index (χ4n) is 3.63. The Labute approximate surface area is 184 Å². The summed E-state index contributed by atoms with van der Waals surface area (Å²) in [6.45, 7) is 3.04. The van der Waals surface area contributed by atoms with Gasteiger partial charge < -0.3 is 14.8 Å². The SMILES string of the molecule is CCc1c(C(=O)Nc2cccc(-c3ccc4c(c3)OCCO4)n2)cnn1-c1ccccn1. The van der Waals surface area contributed by atoms with Crippen molar-refractivity contribution < 1.29 is 14.3 Å². The first-order chi connectivity index (χ1) is 15.7. The zero-order valence-corrected chi connectivity index (χ0v) is 17.5. The molecule has 0 bridgehead atoms. The van der Waals surface area contributed by atoms with Crippen molar-refractivity contribution >= 4 is 11.7 Å². The molecule has 32 heavy (non-hydrogen) atoms. The third kappa shape index (κ3) is 3.78. The van der Waals surface area contributed by atoms with E-state index in [9.17, 15) is 4.79 Å². The van der Waals surface area contributed by atoms with E-state index in [1.165, 1.54) is 0 Å². The van der Waals surface area contributed by atoms with Gasteiger partial charge in [-0.25, -0.2) is 14.6 Å². The molecule has 8 nitrogen and oxygen atoms in total. The molecule has 4 heterocycles. The number of amides is 1. The molecule has 8 heteroatoms. The van der Waals surface area contributed by atoms with Crippen molar-refractivity contribution in [2.75, 3.05) is 18.5 Å². The highest BCUT2D eigenvalue weighted by Crippen LogP contribution is 2.34. The average molecular weight is 427 g/mol. The van der Waals surface area contributed by atoms with E-state index in [-0.39, 0.29) is 5.91 Å². The predicted octanol–water partition coefficient (Wildman–Crippen LogP) is 3.92. The van der Waals surface area contributed by atoms with Gasteiger partial charge in [0.1, 0.15) is 19.0 Å². The van der Waals surface area contributed by atoms with Gasteiger partial charge in [0.25, 0.3) is 5.91 Å². The minimum absolute atomic E-state index is 0.268. The number of hydrogen-bond acceptors (Lipinski definition) is 6. The molecule has 3 aromatic heterocycles. The molecule has 4 aromatic rings. The van der Waals surface area contributed by atoms with Crippen molar-refractivity contribution in [3.63, 3.8) is 0 Å². The molecule has 160 valence electrons. The molecule has 0 spiro atoms. The second kappa shape index (κ2) is 8.50.